The largest absolute Gasteiger partial charge is 0.356 e. The lowest BCUT2D eigenvalue weighted by atomic mass is 10.1. The van der Waals surface area contributed by atoms with Crippen LogP contribution in [0.1, 0.15) is 55.9 Å². The van der Waals surface area contributed by atoms with Crippen LogP contribution in [-0.4, -0.2) is 21.6 Å². The van der Waals surface area contributed by atoms with Gasteiger partial charge in [0.25, 0.3) is 5.69 Å². The molecular formula is C16H20N4O3. The van der Waals surface area contributed by atoms with Crippen molar-refractivity contribution in [1.82, 2.24) is 10.1 Å². The van der Waals surface area contributed by atoms with Crippen molar-refractivity contribution in [1.29, 1.82) is 0 Å². The quantitative estimate of drug-likeness (QED) is 0.631. The van der Waals surface area contributed by atoms with Crippen LogP contribution in [0.3, 0.4) is 0 Å². The van der Waals surface area contributed by atoms with Gasteiger partial charge >= 0.3 is 0 Å². The molecule has 1 aliphatic heterocycles. The second kappa shape index (κ2) is 5.98. The van der Waals surface area contributed by atoms with Gasteiger partial charge < -0.3 is 9.42 Å². The number of para-hydroxylation sites is 1. The van der Waals surface area contributed by atoms with Crippen molar-refractivity contribution < 1.29 is 9.45 Å². The van der Waals surface area contributed by atoms with Crippen molar-refractivity contribution in [3.63, 3.8) is 0 Å². The van der Waals surface area contributed by atoms with E-state index in [4.69, 9.17) is 4.52 Å². The SMILES string of the molecule is Cc1cccc(N2CCCC2c2noc(C(C)C)n2)c1[N+](=O)[O-]. The van der Waals surface area contributed by atoms with Gasteiger partial charge in [0.1, 0.15) is 5.69 Å². The van der Waals surface area contributed by atoms with Crippen molar-refractivity contribution >= 4 is 11.4 Å². The molecule has 7 heteroatoms. The van der Waals surface area contributed by atoms with Crippen molar-refractivity contribution in [3.05, 3.63) is 45.6 Å². The van der Waals surface area contributed by atoms with Gasteiger partial charge in [0.15, 0.2) is 5.82 Å². The highest BCUT2D eigenvalue weighted by atomic mass is 16.6. The van der Waals surface area contributed by atoms with Crippen molar-refractivity contribution in [2.75, 3.05) is 11.4 Å². The monoisotopic (exact) mass is 316 g/mol. The molecule has 0 N–H and O–H groups in total. The fraction of sp³-hybridized carbons (Fsp3) is 0.500. The standard InChI is InChI=1S/C16H20N4O3/c1-10(2)16-17-15(18-23-16)13-8-5-9-19(13)12-7-4-6-11(3)14(12)20(21)22/h4,6-7,10,13H,5,8-9H2,1-3H3. The zero-order chi connectivity index (χ0) is 16.6. The van der Waals surface area contributed by atoms with E-state index >= 15 is 0 Å². The van der Waals surface area contributed by atoms with Crippen LogP contribution >= 0.6 is 0 Å². The Balaban J connectivity index is 1.99. The predicted octanol–water partition coefficient (Wildman–Crippen LogP) is 3.75. The molecule has 1 fully saturated rings. The Hall–Kier alpha value is -2.44. The normalized spacial score (nSPS) is 17.9. The molecule has 1 aromatic carbocycles. The molecule has 1 unspecified atom stereocenters. The van der Waals surface area contributed by atoms with Crippen molar-refractivity contribution in [2.24, 2.45) is 0 Å². The number of hydrogen-bond acceptors (Lipinski definition) is 6. The number of nitro benzene ring substituents is 1. The minimum atomic E-state index is -0.310. The van der Waals surface area contributed by atoms with E-state index in [1.165, 1.54) is 0 Å². The van der Waals surface area contributed by atoms with Crippen LogP contribution in [0.25, 0.3) is 0 Å². The Bertz CT molecular complexity index is 726. The Morgan fingerprint density at radius 3 is 2.87 bits per heavy atom. The molecule has 0 saturated carbocycles. The van der Waals surface area contributed by atoms with Gasteiger partial charge in [-0.3, -0.25) is 10.1 Å². The maximum Gasteiger partial charge on any atom is 0.295 e. The Kier molecular flexibility index (Phi) is 4.02. The molecule has 1 saturated heterocycles. The van der Waals surface area contributed by atoms with Crippen LogP contribution in [0.5, 0.6) is 0 Å². The third-order valence-corrected chi connectivity index (χ3v) is 4.21. The molecule has 1 atom stereocenters. The third-order valence-electron chi connectivity index (χ3n) is 4.21. The lowest BCUT2D eigenvalue weighted by Gasteiger charge is -2.24. The maximum absolute atomic E-state index is 11.5. The maximum atomic E-state index is 11.5. The molecular weight excluding hydrogens is 296 g/mol. The number of benzene rings is 1. The molecule has 3 rings (SSSR count). The van der Waals surface area contributed by atoms with E-state index < -0.39 is 0 Å². The lowest BCUT2D eigenvalue weighted by Crippen LogP contribution is -2.24. The predicted molar refractivity (Wildman–Crippen MR) is 85.5 cm³/mol. The molecule has 122 valence electrons. The molecule has 0 spiro atoms. The number of rotatable bonds is 4. The first-order chi connectivity index (χ1) is 11.0. The highest BCUT2D eigenvalue weighted by molar-refractivity contribution is 5.67. The second-order valence-electron chi connectivity index (χ2n) is 6.20. The van der Waals surface area contributed by atoms with Crippen molar-refractivity contribution in [2.45, 2.75) is 45.6 Å². The number of nitro groups is 1. The number of hydrogen-bond donors (Lipinski definition) is 0. The average molecular weight is 316 g/mol. The zero-order valence-electron chi connectivity index (χ0n) is 13.5. The van der Waals surface area contributed by atoms with Gasteiger partial charge in [-0.2, -0.15) is 4.98 Å². The lowest BCUT2D eigenvalue weighted by molar-refractivity contribution is -0.384. The third kappa shape index (κ3) is 2.78. The van der Waals surface area contributed by atoms with E-state index in [0.29, 0.717) is 23.0 Å². The summed E-state index contributed by atoms with van der Waals surface area (Å²) in [6, 6.07) is 5.33. The minimum Gasteiger partial charge on any atom is -0.356 e. The summed E-state index contributed by atoms with van der Waals surface area (Å²) in [4.78, 5) is 17.7. The fourth-order valence-electron chi connectivity index (χ4n) is 3.05. The summed E-state index contributed by atoms with van der Waals surface area (Å²) in [5, 5.41) is 15.6. The van der Waals surface area contributed by atoms with Gasteiger partial charge in [0.05, 0.1) is 11.0 Å². The number of anilines is 1. The van der Waals surface area contributed by atoms with E-state index in [1.54, 1.807) is 19.1 Å². The summed E-state index contributed by atoms with van der Waals surface area (Å²) >= 11 is 0. The van der Waals surface area contributed by atoms with Gasteiger partial charge in [-0.15, -0.1) is 0 Å². The molecule has 7 nitrogen and oxygen atoms in total. The number of nitrogens with zero attached hydrogens (tertiary/aromatic N) is 4. The molecule has 1 aliphatic rings. The summed E-state index contributed by atoms with van der Waals surface area (Å²) in [6.07, 6.45) is 1.81. The molecule has 1 aromatic heterocycles. The molecule has 23 heavy (non-hydrogen) atoms. The fourth-order valence-corrected chi connectivity index (χ4v) is 3.05. The van der Waals surface area contributed by atoms with E-state index in [2.05, 4.69) is 10.1 Å². The Morgan fingerprint density at radius 2 is 2.22 bits per heavy atom. The first-order valence-electron chi connectivity index (χ1n) is 7.83. The molecule has 2 aromatic rings. The summed E-state index contributed by atoms with van der Waals surface area (Å²) in [5.74, 6) is 1.38. The van der Waals surface area contributed by atoms with Gasteiger partial charge in [-0.05, 0) is 25.8 Å². The van der Waals surface area contributed by atoms with Gasteiger partial charge in [-0.1, -0.05) is 31.1 Å². The topological polar surface area (TPSA) is 85.3 Å². The summed E-state index contributed by atoms with van der Waals surface area (Å²) < 4.78 is 5.30. The number of aryl methyl sites for hydroxylation is 1. The first-order valence-corrected chi connectivity index (χ1v) is 7.83. The smallest absolute Gasteiger partial charge is 0.295 e. The summed E-state index contributed by atoms with van der Waals surface area (Å²) in [5.41, 5.74) is 1.45. The van der Waals surface area contributed by atoms with Gasteiger partial charge in [0.2, 0.25) is 5.89 Å². The van der Waals surface area contributed by atoms with Crippen LogP contribution in [-0.2, 0) is 0 Å². The van der Waals surface area contributed by atoms with Crippen LogP contribution in [0.15, 0.2) is 22.7 Å². The van der Waals surface area contributed by atoms with Crippen LogP contribution in [0.2, 0.25) is 0 Å². The second-order valence-corrected chi connectivity index (χ2v) is 6.20. The van der Waals surface area contributed by atoms with Crippen LogP contribution in [0.4, 0.5) is 11.4 Å². The van der Waals surface area contributed by atoms with E-state index in [9.17, 15) is 10.1 Å². The average Bonchev–Trinajstić information content (AvgIpc) is 3.15. The van der Waals surface area contributed by atoms with Crippen LogP contribution < -0.4 is 4.90 Å². The molecule has 0 amide bonds. The molecule has 0 radical (unpaired) electrons. The highest BCUT2D eigenvalue weighted by Gasteiger charge is 2.34. The summed E-state index contributed by atoms with van der Waals surface area (Å²) in [6.45, 7) is 6.50. The van der Waals surface area contributed by atoms with Crippen LogP contribution in [0, 0.1) is 17.0 Å². The Morgan fingerprint density at radius 1 is 1.43 bits per heavy atom. The zero-order valence-corrected chi connectivity index (χ0v) is 13.5. The number of aromatic nitrogens is 2. The minimum absolute atomic E-state index is 0.0771. The van der Waals surface area contributed by atoms with E-state index in [1.807, 2.05) is 24.8 Å². The van der Waals surface area contributed by atoms with Gasteiger partial charge in [0, 0.05) is 18.0 Å². The van der Waals surface area contributed by atoms with E-state index in [-0.39, 0.29) is 22.6 Å². The van der Waals surface area contributed by atoms with Crippen molar-refractivity contribution in [3.8, 4) is 0 Å². The first kappa shape index (κ1) is 15.5. The van der Waals surface area contributed by atoms with E-state index in [0.717, 1.165) is 19.4 Å². The Labute approximate surface area is 134 Å². The molecule has 2 heterocycles. The highest BCUT2D eigenvalue weighted by Crippen LogP contribution is 2.40. The molecule has 0 aliphatic carbocycles. The van der Waals surface area contributed by atoms with Gasteiger partial charge in [-0.25, -0.2) is 0 Å². The molecule has 0 bridgehead atoms. The summed E-state index contributed by atoms with van der Waals surface area (Å²) in [7, 11) is 0.